The number of carbonyl (C=O) groups excluding carboxylic acids is 3. The van der Waals surface area contributed by atoms with Gasteiger partial charge in [0.25, 0.3) is 15.9 Å². The van der Waals surface area contributed by atoms with Crippen molar-refractivity contribution in [1.82, 2.24) is 14.5 Å². The normalized spacial score (nSPS) is 17.8. The summed E-state index contributed by atoms with van der Waals surface area (Å²) in [7, 11) is -4.19. The van der Waals surface area contributed by atoms with Crippen molar-refractivity contribution < 1.29 is 27.2 Å². The largest absolute Gasteiger partial charge is 0.352 e. The summed E-state index contributed by atoms with van der Waals surface area (Å²) in [5.41, 5.74) is 0.585. The Bertz CT molecular complexity index is 1230. The molecule has 0 bridgehead atoms. The van der Waals surface area contributed by atoms with Crippen LogP contribution in [0.15, 0.2) is 53.4 Å². The molecule has 10 heteroatoms. The van der Waals surface area contributed by atoms with E-state index in [4.69, 9.17) is 0 Å². The zero-order chi connectivity index (χ0) is 25.2. The number of nitrogens with zero attached hydrogens (tertiary/aromatic N) is 2. The maximum absolute atomic E-state index is 13.5. The van der Waals surface area contributed by atoms with Crippen LogP contribution < -0.4 is 5.32 Å². The van der Waals surface area contributed by atoms with E-state index >= 15 is 0 Å². The third-order valence-electron chi connectivity index (χ3n) is 6.54. The van der Waals surface area contributed by atoms with E-state index < -0.39 is 40.2 Å². The van der Waals surface area contributed by atoms with Gasteiger partial charge in [-0.15, -0.1) is 0 Å². The van der Waals surface area contributed by atoms with Crippen LogP contribution in [-0.2, 0) is 26.2 Å². The van der Waals surface area contributed by atoms with E-state index in [9.17, 15) is 27.2 Å². The van der Waals surface area contributed by atoms with Crippen LogP contribution in [-0.4, -0.2) is 54.0 Å². The lowest BCUT2D eigenvalue weighted by Crippen LogP contribution is -2.53. The zero-order valence-corrected chi connectivity index (χ0v) is 20.3. The van der Waals surface area contributed by atoms with Crippen molar-refractivity contribution in [3.8, 4) is 0 Å². The van der Waals surface area contributed by atoms with Crippen molar-refractivity contribution in [1.29, 1.82) is 0 Å². The van der Waals surface area contributed by atoms with Gasteiger partial charge in [-0.1, -0.05) is 44.0 Å². The minimum absolute atomic E-state index is 0.0106. The molecule has 0 saturated heterocycles. The van der Waals surface area contributed by atoms with Gasteiger partial charge in [0.15, 0.2) is 0 Å². The van der Waals surface area contributed by atoms with Gasteiger partial charge in [-0.3, -0.25) is 14.4 Å². The number of nitrogens with one attached hydrogen (secondary N) is 1. The first-order valence-corrected chi connectivity index (χ1v) is 13.2. The molecule has 0 radical (unpaired) electrons. The molecule has 2 aliphatic rings. The van der Waals surface area contributed by atoms with Crippen LogP contribution in [0, 0.1) is 5.82 Å². The summed E-state index contributed by atoms with van der Waals surface area (Å²) in [5.74, 6) is -2.23. The Morgan fingerprint density at radius 1 is 1.11 bits per heavy atom. The lowest BCUT2D eigenvalue weighted by atomic mass is 10.1. The van der Waals surface area contributed by atoms with Crippen LogP contribution >= 0.6 is 0 Å². The van der Waals surface area contributed by atoms with Crippen molar-refractivity contribution in [2.24, 2.45) is 0 Å². The molecule has 1 aliphatic heterocycles. The second kappa shape index (κ2) is 10.2. The molecule has 1 atom stereocenters. The standard InChI is InChI=1S/C25H28FN3O5S/c1-2-21(24(31)27-19-7-3-4-8-19)28(15-17-11-13-18(26)14-12-17)23(30)16-29-25(32)20-9-5-6-10-22(20)35(29,33)34/h5-6,9-14,19,21H,2-4,7-8,15-16H2,1H3,(H,27,31)/t21-/m0/s1. The molecule has 1 N–H and O–H groups in total. The van der Waals surface area contributed by atoms with Crippen molar-refractivity contribution in [3.63, 3.8) is 0 Å². The number of carbonyl (C=O) groups is 3. The van der Waals surface area contributed by atoms with E-state index in [-0.39, 0.29) is 35.4 Å². The van der Waals surface area contributed by atoms with Crippen LogP contribution in [0.4, 0.5) is 4.39 Å². The summed E-state index contributed by atoms with van der Waals surface area (Å²) in [4.78, 5) is 40.6. The average molecular weight is 502 g/mol. The van der Waals surface area contributed by atoms with Crippen molar-refractivity contribution in [2.75, 3.05) is 6.54 Å². The number of rotatable bonds is 8. The maximum atomic E-state index is 13.5. The highest BCUT2D eigenvalue weighted by molar-refractivity contribution is 7.90. The average Bonchev–Trinajstić information content (AvgIpc) is 3.41. The van der Waals surface area contributed by atoms with Crippen LogP contribution in [0.25, 0.3) is 0 Å². The van der Waals surface area contributed by atoms with E-state index in [1.54, 1.807) is 13.0 Å². The third kappa shape index (κ3) is 5.07. The van der Waals surface area contributed by atoms with Gasteiger partial charge in [0.05, 0.1) is 5.56 Å². The van der Waals surface area contributed by atoms with Gasteiger partial charge in [0.1, 0.15) is 23.3 Å². The van der Waals surface area contributed by atoms with Crippen LogP contribution in [0.2, 0.25) is 0 Å². The zero-order valence-electron chi connectivity index (χ0n) is 19.4. The second-order valence-electron chi connectivity index (χ2n) is 8.88. The van der Waals surface area contributed by atoms with E-state index in [0.717, 1.165) is 25.7 Å². The number of hydrogen-bond acceptors (Lipinski definition) is 5. The lowest BCUT2D eigenvalue weighted by Gasteiger charge is -2.32. The van der Waals surface area contributed by atoms with Crippen molar-refractivity contribution in [2.45, 2.75) is 62.6 Å². The smallest absolute Gasteiger partial charge is 0.269 e. The fourth-order valence-electron chi connectivity index (χ4n) is 4.67. The molecule has 8 nitrogen and oxygen atoms in total. The molecule has 4 rings (SSSR count). The highest BCUT2D eigenvalue weighted by atomic mass is 32.2. The van der Waals surface area contributed by atoms with E-state index in [0.29, 0.717) is 9.87 Å². The predicted molar refractivity (Wildman–Crippen MR) is 126 cm³/mol. The molecule has 186 valence electrons. The Balaban J connectivity index is 1.60. The Morgan fingerprint density at radius 3 is 2.40 bits per heavy atom. The van der Waals surface area contributed by atoms with Crippen LogP contribution in [0.5, 0.6) is 0 Å². The second-order valence-corrected chi connectivity index (χ2v) is 10.7. The van der Waals surface area contributed by atoms with E-state index in [1.165, 1.54) is 47.4 Å². The lowest BCUT2D eigenvalue weighted by molar-refractivity contribution is -0.141. The minimum Gasteiger partial charge on any atom is -0.352 e. The Hall–Kier alpha value is -3.27. The van der Waals surface area contributed by atoms with Gasteiger partial charge in [0.2, 0.25) is 11.8 Å². The Kier molecular flexibility index (Phi) is 7.20. The molecule has 2 aromatic rings. The Morgan fingerprint density at radius 2 is 1.77 bits per heavy atom. The SMILES string of the molecule is CC[C@@H](C(=O)NC1CCCC1)N(Cc1ccc(F)cc1)C(=O)CN1C(=O)c2ccccc2S1(=O)=O. The highest BCUT2D eigenvalue weighted by Crippen LogP contribution is 2.30. The van der Waals surface area contributed by atoms with Gasteiger partial charge in [-0.25, -0.2) is 17.1 Å². The van der Waals surface area contributed by atoms with Gasteiger partial charge in [0, 0.05) is 12.6 Å². The number of amides is 3. The van der Waals surface area contributed by atoms with Crippen molar-refractivity contribution >= 4 is 27.7 Å². The highest BCUT2D eigenvalue weighted by Gasteiger charge is 2.43. The monoisotopic (exact) mass is 501 g/mol. The molecule has 1 aliphatic carbocycles. The van der Waals surface area contributed by atoms with Crippen molar-refractivity contribution in [3.05, 3.63) is 65.5 Å². The number of hydrogen-bond donors (Lipinski definition) is 1. The van der Waals surface area contributed by atoms with Crippen LogP contribution in [0.1, 0.15) is 54.9 Å². The molecular weight excluding hydrogens is 473 g/mol. The van der Waals surface area contributed by atoms with Gasteiger partial charge in [-0.2, -0.15) is 0 Å². The van der Waals surface area contributed by atoms with Gasteiger partial charge >= 0.3 is 0 Å². The van der Waals surface area contributed by atoms with Gasteiger partial charge < -0.3 is 10.2 Å². The first kappa shape index (κ1) is 24.8. The summed E-state index contributed by atoms with van der Waals surface area (Å²) in [6.07, 6.45) is 4.07. The van der Waals surface area contributed by atoms with E-state index in [1.807, 2.05) is 0 Å². The number of benzene rings is 2. The molecule has 1 heterocycles. The molecule has 35 heavy (non-hydrogen) atoms. The van der Waals surface area contributed by atoms with Crippen LogP contribution in [0.3, 0.4) is 0 Å². The molecule has 2 aromatic carbocycles. The molecular formula is C25H28FN3O5S. The third-order valence-corrected chi connectivity index (χ3v) is 8.33. The fourth-order valence-corrected chi connectivity index (χ4v) is 6.19. The quantitative estimate of drug-likeness (QED) is 0.599. The van der Waals surface area contributed by atoms with E-state index in [2.05, 4.69) is 5.32 Å². The minimum atomic E-state index is -4.19. The first-order chi connectivity index (χ1) is 16.7. The predicted octanol–water partition coefficient (Wildman–Crippen LogP) is 2.84. The maximum Gasteiger partial charge on any atom is 0.269 e. The summed E-state index contributed by atoms with van der Waals surface area (Å²) in [6, 6.07) is 10.5. The number of sulfonamides is 1. The summed E-state index contributed by atoms with van der Waals surface area (Å²) in [5, 5.41) is 3.00. The Labute approximate surface area is 204 Å². The number of fused-ring (bicyclic) bond motifs is 1. The van der Waals surface area contributed by atoms with Gasteiger partial charge in [-0.05, 0) is 49.1 Å². The summed E-state index contributed by atoms with van der Waals surface area (Å²) < 4.78 is 39.9. The molecule has 1 fully saturated rings. The summed E-state index contributed by atoms with van der Waals surface area (Å²) >= 11 is 0. The molecule has 0 aromatic heterocycles. The molecule has 1 saturated carbocycles. The summed E-state index contributed by atoms with van der Waals surface area (Å²) in [6.45, 7) is 0.992. The fraction of sp³-hybridized carbons (Fsp3) is 0.400. The molecule has 0 spiro atoms. The number of halogens is 1. The molecule has 0 unspecified atom stereocenters. The molecule has 3 amide bonds. The topological polar surface area (TPSA) is 104 Å². The first-order valence-electron chi connectivity index (χ1n) is 11.7.